The fourth-order valence-electron chi connectivity index (χ4n) is 1.90. The minimum Gasteiger partial charge on any atom is -0.481 e. The SMILES string of the molecule is O=C(O)CCCCC(S)CCS.O=C(O)CCCCC(S)CCS. The summed E-state index contributed by atoms with van der Waals surface area (Å²) in [6, 6.07) is 0. The Labute approximate surface area is 168 Å². The van der Waals surface area contributed by atoms with Gasteiger partial charge >= 0.3 is 11.9 Å². The molecule has 2 N–H and O–H groups in total. The molecule has 0 spiro atoms. The van der Waals surface area contributed by atoms with Crippen LogP contribution in [-0.4, -0.2) is 44.2 Å². The number of hydrogen-bond acceptors (Lipinski definition) is 6. The predicted octanol–water partition coefficient (Wildman–Crippen LogP) is 4.50. The number of rotatable bonds is 14. The molecule has 0 amide bonds. The first-order valence-corrected chi connectivity index (χ1v) is 10.6. The van der Waals surface area contributed by atoms with Gasteiger partial charge in [0.15, 0.2) is 0 Å². The number of carboxylic acids is 2. The number of carboxylic acid groups (broad SMARTS) is 2. The van der Waals surface area contributed by atoms with Gasteiger partial charge in [0.1, 0.15) is 0 Å². The number of carbonyl (C=O) groups is 2. The Morgan fingerprint density at radius 2 is 1.00 bits per heavy atom. The van der Waals surface area contributed by atoms with Crippen LogP contribution >= 0.6 is 50.5 Å². The first-order valence-electron chi connectivity index (χ1n) is 8.34. The molecule has 0 aliphatic rings. The van der Waals surface area contributed by atoms with E-state index < -0.39 is 11.9 Å². The fourth-order valence-corrected chi connectivity index (χ4v) is 3.55. The standard InChI is InChI=1S/2C8H16O2S2/c2*9-8(10)4-2-1-3-7(12)5-6-11/h2*7,11-12H,1-6H2,(H,9,10). The van der Waals surface area contributed by atoms with Crippen molar-refractivity contribution in [2.24, 2.45) is 0 Å². The zero-order chi connectivity index (χ0) is 18.8. The smallest absolute Gasteiger partial charge is 0.303 e. The minimum atomic E-state index is -0.708. The van der Waals surface area contributed by atoms with E-state index in [0.29, 0.717) is 10.5 Å². The molecule has 0 aliphatic heterocycles. The van der Waals surface area contributed by atoms with Gasteiger partial charge in [0.25, 0.3) is 0 Å². The molecule has 2 atom stereocenters. The fraction of sp³-hybridized carbons (Fsp3) is 0.875. The lowest BCUT2D eigenvalue weighted by molar-refractivity contribution is -0.138. The molecule has 0 heterocycles. The van der Waals surface area contributed by atoms with Gasteiger partial charge in [0.2, 0.25) is 0 Å². The summed E-state index contributed by atoms with van der Waals surface area (Å²) in [6.45, 7) is 0. The maximum atomic E-state index is 10.1. The molecule has 0 saturated heterocycles. The molecule has 144 valence electrons. The van der Waals surface area contributed by atoms with Crippen LogP contribution in [0.5, 0.6) is 0 Å². The molecule has 0 bridgehead atoms. The molecular formula is C16H32O4S4. The topological polar surface area (TPSA) is 74.6 Å². The highest BCUT2D eigenvalue weighted by Gasteiger charge is 2.03. The summed E-state index contributed by atoms with van der Waals surface area (Å²) >= 11 is 16.9. The Bertz CT molecular complexity index is 286. The predicted molar refractivity (Wildman–Crippen MR) is 115 cm³/mol. The molecule has 8 heteroatoms. The number of thiol groups is 4. The summed E-state index contributed by atoms with van der Waals surface area (Å²) in [7, 11) is 0. The molecule has 0 aromatic heterocycles. The highest BCUT2D eigenvalue weighted by atomic mass is 32.1. The van der Waals surface area contributed by atoms with Crippen molar-refractivity contribution in [2.45, 2.75) is 74.7 Å². The van der Waals surface area contributed by atoms with Gasteiger partial charge in [0.05, 0.1) is 0 Å². The van der Waals surface area contributed by atoms with E-state index in [1.165, 1.54) is 0 Å². The van der Waals surface area contributed by atoms with Crippen LogP contribution in [0, 0.1) is 0 Å². The van der Waals surface area contributed by atoms with Crippen LogP contribution in [0.3, 0.4) is 0 Å². The molecule has 0 aliphatic carbocycles. The lowest BCUT2D eigenvalue weighted by Crippen LogP contribution is -2.00. The summed E-state index contributed by atoms with van der Waals surface area (Å²) in [5.41, 5.74) is 0. The van der Waals surface area contributed by atoms with E-state index in [0.717, 1.165) is 62.9 Å². The Kier molecular flexibility index (Phi) is 21.8. The van der Waals surface area contributed by atoms with Gasteiger partial charge < -0.3 is 10.2 Å². The Balaban J connectivity index is 0. The van der Waals surface area contributed by atoms with Crippen LogP contribution in [-0.2, 0) is 9.59 Å². The van der Waals surface area contributed by atoms with Crippen LogP contribution < -0.4 is 0 Å². The van der Waals surface area contributed by atoms with E-state index in [1.807, 2.05) is 0 Å². The molecular weight excluding hydrogens is 384 g/mol. The molecule has 24 heavy (non-hydrogen) atoms. The van der Waals surface area contributed by atoms with E-state index in [2.05, 4.69) is 50.5 Å². The molecule has 2 unspecified atom stereocenters. The zero-order valence-electron chi connectivity index (χ0n) is 14.1. The second-order valence-electron chi connectivity index (χ2n) is 5.61. The summed E-state index contributed by atoms with van der Waals surface area (Å²) in [5.74, 6) is 0.292. The second kappa shape index (κ2) is 19.7. The molecule has 4 nitrogen and oxygen atoms in total. The maximum absolute atomic E-state index is 10.1. The first kappa shape index (κ1) is 26.6. The third-order valence-electron chi connectivity index (χ3n) is 3.28. The van der Waals surface area contributed by atoms with E-state index in [4.69, 9.17) is 10.2 Å². The minimum absolute atomic E-state index is 0.279. The highest BCUT2D eigenvalue weighted by Crippen LogP contribution is 2.13. The van der Waals surface area contributed by atoms with Gasteiger partial charge in [-0.05, 0) is 50.0 Å². The average molecular weight is 417 g/mol. The first-order chi connectivity index (χ1) is 11.3. The summed E-state index contributed by atoms with van der Waals surface area (Å²) in [4.78, 5) is 20.3. The van der Waals surface area contributed by atoms with Gasteiger partial charge in [-0.25, -0.2) is 0 Å². The lowest BCUT2D eigenvalue weighted by Gasteiger charge is -2.06. The van der Waals surface area contributed by atoms with Gasteiger partial charge in [-0.2, -0.15) is 50.5 Å². The second-order valence-corrected chi connectivity index (χ2v) is 7.97. The summed E-state index contributed by atoms with van der Waals surface area (Å²) in [5, 5.41) is 17.5. The van der Waals surface area contributed by atoms with Crippen molar-refractivity contribution in [3.05, 3.63) is 0 Å². The van der Waals surface area contributed by atoms with E-state index in [9.17, 15) is 9.59 Å². The van der Waals surface area contributed by atoms with Crippen molar-refractivity contribution in [3.8, 4) is 0 Å². The molecule has 0 fully saturated rings. The van der Waals surface area contributed by atoms with Crippen LogP contribution in [0.15, 0.2) is 0 Å². The van der Waals surface area contributed by atoms with Crippen LogP contribution in [0.1, 0.15) is 64.2 Å². The largest absolute Gasteiger partial charge is 0.481 e. The van der Waals surface area contributed by atoms with Crippen molar-refractivity contribution in [1.29, 1.82) is 0 Å². The Morgan fingerprint density at radius 3 is 1.25 bits per heavy atom. The van der Waals surface area contributed by atoms with Gasteiger partial charge in [-0.3, -0.25) is 9.59 Å². The average Bonchev–Trinajstić information content (AvgIpc) is 2.49. The van der Waals surface area contributed by atoms with Crippen molar-refractivity contribution >= 4 is 62.5 Å². The van der Waals surface area contributed by atoms with Crippen LogP contribution in [0.2, 0.25) is 0 Å². The van der Waals surface area contributed by atoms with Gasteiger partial charge in [-0.1, -0.05) is 12.8 Å². The van der Waals surface area contributed by atoms with E-state index in [1.54, 1.807) is 0 Å². The third kappa shape index (κ3) is 24.6. The maximum Gasteiger partial charge on any atom is 0.303 e. The molecule has 0 rings (SSSR count). The van der Waals surface area contributed by atoms with Crippen molar-refractivity contribution in [2.75, 3.05) is 11.5 Å². The van der Waals surface area contributed by atoms with Crippen LogP contribution in [0.4, 0.5) is 0 Å². The lowest BCUT2D eigenvalue weighted by atomic mass is 10.1. The normalized spacial score (nSPS) is 12.8. The van der Waals surface area contributed by atoms with Crippen molar-refractivity contribution < 1.29 is 19.8 Å². The molecule has 0 radical (unpaired) electrons. The Hall–Kier alpha value is 0.340. The third-order valence-corrected chi connectivity index (χ3v) is 4.83. The van der Waals surface area contributed by atoms with Crippen molar-refractivity contribution in [3.63, 3.8) is 0 Å². The molecule has 0 saturated carbocycles. The van der Waals surface area contributed by atoms with E-state index >= 15 is 0 Å². The number of hydrogen-bond donors (Lipinski definition) is 6. The number of aliphatic carboxylic acids is 2. The van der Waals surface area contributed by atoms with Crippen LogP contribution in [0.25, 0.3) is 0 Å². The van der Waals surface area contributed by atoms with Gasteiger partial charge in [-0.15, -0.1) is 0 Å². The molecule has 0 aromatic rings. The molecule has 0 aromatic carbocycles. The summed E-state index contributed by atoms with van der Waals surface area (Å²) < 4.78 is 0. The monoisotopic (exact) mass is 416 g/mol. The quantitative estimate of drug-likeness (QED) is 0.186. The highest BCUT2D eigenvalue weighted by molar-refractivity contribution is 7.81. The number of unbranched alkanes of at least 4 members (excludes halogenated alkanes) is 2. The van der Waals surface area contributed by atoms with E-state index in [-0.39, 0.29) is 12.8 Å². The van der Waals surface area contributed by atoms with Gasteiger partial charge in [0, 0.05) is 23.3 Å². The summed E-state index contributed by atoms with van der Waals surface area (Å²) in [6.07, 6.45) is 7.98. The van der Waals surface area contributed by atoms with Crippen molar-refractivity contribution in [1.82, 2.24) is 0 Å². The zero-order valence-corrected chi connectivity index (χ0v) is 17.7. The Morgan fingerprint density at radius 1 is 0.667 bits per heavy atom.